The first-order valence-corrected chi connectivity index (χ1v) is 8.29. The molecule has 0 atom stereocenters. The fourth-order valence-electron chi connectivity index (χ4n) is 2.95. The highest BCUT2D eigenvalue weighted by molar-refractivity contribution is 5.98. The monoisotopic (exact) mass is 348 g/mol. The number of nitrogens with zero attached hydrogens (tertiary/aromatic N) is 3. The molecule has 1 amide bonds. The highest BCUT2D eigenvalue weighted by Gasteiger charge is 2.13. The Morgan fingerprint density at radius 1 is 1.15 bits per heavy atom. The summed E-state index contributed by atoms with van der Waals surface area (Å²) >= 11 is 0. The SMILES string of the molecule is Cc1ccn2cc(CNC(=O)c3cc4ccc(F)cc4nc3C)nc2c1. The molecule has 0 saturated carbocycles. The zero-order valence-corrected chi connectivity index (χ0v) is 14.5. The number of rotatable bonds is 3. The third-order valence-corrected chi connectivity index (χ3v) is 4.31. The fourth-order valence-corrected chi connectivity index (χ4v) is 2.95. The van der Waals surface area contributed by atoms with Crippen molar-refractivity contribution in [2.75, 3.05) is 0 Å². The Labute approximate surface area is 149 Å². The van der Waals surface area contributed by atoms with Crippen LogP contribution in [-0.4, -0.2) is 20.3 Å². The summed E-state index contributed by atoms with van der Waals surface area (Å²) in [6.07, 6.45) is 3.84. The number of amides is 1. The van der Waals surface area contributed by atoms with Gasteiger partial charge < -0.3 is 9.72 Å². The minimum absolute atomic E-state index is 0.227. The van der Waals surface area contributed by atoms with Gasteiger partial charge in [0.05, 0.1) is 29.0 Å². The van der Waals surface area contributed by atoms with E-state index in [2.05, 4.69) is 15.3 Å². The Kier molecular flexibility index (Phi) is 3.88. The van der Waals surface area contributed by atoms with E-state index in [0.717, 1.165) is 22.3 Å². The van der Waals surface area contributed by atoms with Crippen molar-refractivity contribution in [3.8, 4) is 0 Å². The summed E-state index contributed by atoms with van der Waals surface area (Å²) in [6, 6.07) is 10.1. The summed E-state index contributed by atoms with van der Waals surface area (Å²) in [5.41, 5.74) is 4.33. The number of fused-ring (bicyclic) bond motifs is 2. The van der Waals surface area contributed by atoms with Crippen LogP contribution < -0.4 is 5.32 Å². The number of benzene rings is 1. The smallest absolute Gasteiger partial charge is 0.253 e. The van der Waals surface area contributed by atoms with Gasteiger partial charge in [-0.05, 0) is 49.7 Å². The third kappa shape index (κ3) is 3.01. The molecule has 4 rings (SSSR count). The molecule has 130 valence electrons. The summed E-state index contributed by atoms with van der Waals surface area (Å²) < 4.78 is 15.2. The van der Waals surface area contributed by atoms with Crippen molar-refractivity contribution in [2.45, 2.75) is 20.4 Å². The predicted molar refractivity (Wildman–Crippen MR) is 97.5 cm³/mol. The van der Waals surface area contributed by atoms with E-state index in [1.807, 2.05) is 35.9 Å². The molecule has 5 nitrogen and oxygen atoms in total. The molecule has 0 aliphatic carbocycles. The fraction of sp³-hybridized carbons (Fsp3) is 0.150. The van der Waals surface area contributed by atoms with Gasteiger partial charge in [-0.2, -0.15) is 0 Å². The lowest BCUT2D eigenvalue weighted by Crippen LogP contribution is -2.24. The second kappa shape index (κ2) is 6.22. The number of aryl methyl sites for hydroxylation is 2. The number of halogens is 1. The molecule has 3 aromatic heterocycles. The summed E-state index contributed by atoms with van der Waals surface area (Å²) in [4.78, 5) is 21.4. The van der Waals surface area contributed by atoms with Crippen molar-refractivity contribution in [3.63, 3.8) is 0 Å². The molecule has 0 aliphatic heterocycles. The van der Waals surface area contributed by atoms with Crippen LogP contribution in [0, 0.1) is 19.7 Å². The van der Waals surface area contributed by atoms with E-state index >= 15 is 0 Å². The van der Waals surface area contributed by atoms with Gasteiger partial charge >= 0.3 is 0 Å². The van der Waals surface area contributed by atoms with Crippen LogP contribution in [0.5, 0.6) is 0 Å². The Bertz CT molecular complexity index is 1150. The first-order chi connectivity index (χ1) is 12.5. The average molecular weight is 348 g/mol. The predicted octanol–water partition coefficient (Wildman–Crippen LogP) is 3.57. The molecule has 0 bridgehead atoms. The Morgan fingerprint density at radius 2 is 2.00 bits per heavy atom. The summed E-state index contributed by atoms with van der Waals surface area (Å²) in [7, 11) is 0. The molecule has 0 unspecified atom stereocenters. The highest BCUT2D eigenvalue weighted by Crippen LogP contribution is 2.18. The van der Waals surface area contributed by atoms with Gasteiger partial charge in [0, 0.05) is 23.8 Å². The molecule has 0 fully saturated rings. The number of nitrogens with one attached hydrogen (secondary N) is 1. The quantitative estimate of drug-likeness (QED) is 0.616. The number of imidazole rings is 1. The van der Waals surface area contributed by atoms with Crippen molar-refractivity contribution in [1.82, 2.24) is 19.7 Å². The van der Waals surface area contributed by atoms with E-state index in [4.69, 9.17) is 0 Å². The second-order valence-electron chi connectivity index (χ2n) is 6.34. The van der Waals surface area contributed by atoms with Crippen molar-refractivity contribution < 1.29 is 9.18 Å². The van der Waals surface area contributed by atoms with Crippen LogP contribution in [-0.2, 0) is 6.54 Å². The number of carbonyl (C=O) groups excluding carboxylic acids is 1. The molecule has 3 heterocycles. The molecule has 1 aromatic carbocycles. The van der Waals surface area contributed by atoms with Gasteiger partial charge in [0.15, 0.2) is 0 Å². The number of hydrogen-bond donors (Lipinski definition) is 1. The largest absolute Gasteiger partial charge is 0.346 e. The van der Waals surface area contributed by atoms with E-state index in [1.54, 1.807) is 19.1 Å². The molecule has 6 heteroatoms. The van der Waals surface area contributed by atoms with E-state index in [0.29, 0.717) is 23.3 Å². The first-order valence-electron chi connectivity index (χ1n) is 8.29. The summed E-state index contributed by atoms with van der Waals surface area (Å²) in [5, 5.41) is 3.61. The summed E-state index contributed by atoms with van der Waals surface area (Å²) in [6.45, 7) is 4.07. The van der Waals surface area contributed by atoms with Crippen LogP contribution in [0.15, 0.2) is 48.8 Å². The molecule has 0 saturated heterocycles. The van der Waals surface area contributed by atoms with Crippen molar-refractivity contribution in [3.05, 3.63) is 77.1 Å². The number of hydrogen-bond acceptors (Lipinski definition) is 3. The van der Waals surface area contributed by atoms with Gasteiger partial charge in [-0.25, -0.2) is 9.37 Å². The van der Waals surface area contributed by atoms with E-state index < -0.39 is 0 Å². The zero-order chi connectivity index (χ0) is 18.3. The van der Waals surface area contributed by atoms with Gasteiger partial charge in [-0.15, -0.1) is 0 Å². The molecule has 0 aliphatic rings. The Balaban J connectivity index is 1.56. The normalized spacial score (nSPS) is 11.2. The van der Waals surface area contributed by atoms with Gasteiger partial charge in [0.25, 0.3) is 5.91 Å². The average Bonchev–Trinajstić information content (AvgIpc) is 3.01. The molecular formula is C20H17FN4O. The minimum atomic E-state index is -0.344. The second-order valence-corrected chi connectivity index (χ2v) is 6.34. The Hall–Kier alpha value is -3.28. The van der Waals surface area contributed by atoms with Crippen LogP contribution in [0.2, 0.25) is 0 Å². The van der Waals surface area contributed by atoms with E-state index in [1.165, 1.54) is 12.1 Å². The number of pyridine rings is 2. The van der Waals surface area contributed by atoms with Crippen molar-refractivity contribution >= 4 is 22.5 Å². The summed E-state index contributed by atoms with van der Waals surface area (Å²) in [5.74, 6) is -0.571. The van der Waals surface area contributed by atoms with Crippen LogP contribution in [0.3, 0.4) is 0 Å². The first kappa shape index (κ1) is 16.2. The van der Waals surface area contributed by atoms with Gasteiger partial charge in [-0.3, -0.25) is 9.78 Å². The lowest BCUT2D eigenvalue weighted by molar-refractivity contribution is 0.0949. The molecule has 4 aromatic rings. The number of carbonyl (C=O) groups is 1. The molecule has 1 N–H and O–H groups in total. The van der Waals surface area contributed by atoms with Crippen LogP contribution in [0.4, 0.5) is 4.39 Å². The lowest BCUT2D eigenvalue weighted by atomic mass is 10.1. The minimum Gasteiger partial charge on any atom is -0.346 e. The maximum Gasteiger partial charge on any atom is 0.253 e. The highest BCUT2D eigenvalue weighted by atomic mass is 19.1. The Morgan fingerprint density at radius 3 is 2.85 bits per heavy atom. The zero-order valence-electron chi connectivity index (χ0n) is 14.5. The third-order valence-electron chi connectivity index (χ3n) is 4.31. The lowest BCUT2D eigenvalue weighted by Gasteiger charge is -2.08. The maximum atomic E-state index is 13.3. The van der Waals surface area contributed by atoms with Crippen LogP contribution in [0.1, 0.15) is 27.3 Å². The number of aromatic nitrogens is 3. The molecule has 0 spiro atoms. The van der Waals surface area contributed by atoms with E-state index in [9.17, 15) is 9.18 Å². The molecule has 0 radical (unpaired) electrons. The molecule has 26 heavy (non-hydrogen) atoms. The maximum absolute atomic E-state index is 13.3. The van der Waals surface area contributed by atoms with Gasteiger partial charge in [0.2, 0.25) is 0 Å². The van der Waals surface area contributed by atoms with Crippen LogP contribution in [0.25, 0.3) is 16.6 Å². The van der Waals surface area contributed by atoms with Crippen LogP contribution >= 0.6 is 0 Å². The standard InChI is InChI=1S/C20H17FN4O/c1-12-5-6-25-11-16(24-19(25)7-12)10-22-20(26)17-8-14-3-4-15(21)9-18(14)23-13(17)2/h3-9,11H,10H2,1-2H3,(H,22,26). The molecular weight excluding hydrogens is 331 g/mol. The van der Waals surface area contributed by atoms with Crippen molar-refractivity contribution in [1.29, 1.82) is 0 Å². The van der Waals surface area contributed by atoms with E-state index in [-0.39, 0.29) is 11.7 Å². The topological polar surface area (TPSA) is 59.3 Å². The van der Waals surface area contributed by atoms with Crippen molar-refractivity contribution in [2.24, 2.45) is 0 Å². The van der Waals surface area contributed by atoms with Gasteiger partial charge in [0.1, 0.15) is 11.5 Å². The van der Waals surface area contributed by atoms with Gasteiger partial charge in [-0.1, -0.05) is 0 Å².